The Morgan fingerprint density at radius 2 is 2.12 bits per heavy atom. The van der Waals surface area contributed by atoms with Gasteiger partial charge in [-0.25, -0.2) is 0 Å². The molecule has 0 spiro atoms. The lowest BCUT2D eigenvalue weighted by Crippen LogP contribution is -2.31. The monoisotopic (exact) mass is 243 g/mol. The quantitative estimate of drug-likeness (QED) is 0.834. The Labute approximate surface area is 102 Å². The molecule has 0 unspecified atom stereocenters. The standard InChI is InChI=1S/C11H21N3OS/c1-5-7-14(8(3)4)11-9(15-6-2)10(12)13-16-11/h8H,5-7H2,1-4H3,(H2,12,13). The van der Waals surface area contributed by atoms with E-state index in [0.29, 0.717) is 18.5 Å². The predicted molar refractivity (Wildman–Crippen MR) is 70.5 cm³/mol. The van der Waals surface area contributed by atoms with Gasteiger partial charge in [0.05, 0.1) is 6.61 Å². The van der Waals surface area contributed by atoms with Crippen LogP contribution >= 0.6 is 11.5 Å². The molecule has 0 aliphatic carbocycles. The molecule has 0 saturated carbocycles. The third-order valence-electron chi connectivity index (χ3n) is 2.29. The third-order valence-corrected chi connectivity index (χ3v) is 3.18. The van der Waals surface area contributed by atoms with Gasteiger partial charge in [0, 0.05) is 12.6 Å². The van der Waals surface area contributed by atoms with Crippen molar-refractivity contribution in [2.24, 2.45) is 0 Å². The van der Waals surface area contributed by atoms with Crippen LogP contribution in [0.15, 0.2) is 0 Å². The highest BCUT2D eigenvalue weighted by molar-refractivity contribution is 7.11. The fraction of sp³-hybridized carbons (Fsp3) is 0.727. The number of hydrogen-bond donors (Lipinski definition) is 1. The van der Waals surface area contributed by atoms with Crippen LogP contribution in [-0.4, -0.2) is 23.6 Å². The second kappa shape index (κ2) is 5.94. The highest BCUT2D eigenvalue weighted by Crippen LogP contribution is 2.39. The Morgan fingerprint density at radius 3 is 2.62 bits per heavy atom. The number of hydrogen-bond acceptors (Lipinski definition) is 5. The smallest absolute Gasteiger partial charge is 0.197 e. The SMILES string of the molecule is CCCN(c1snc(N)c1OCC)C(C)C. The number of nitrogens with zero attached hydrogens (tertiary/aromatic N) is 2. The molecule has 2 N–H and O–H groups in total. The van der Waals surface area contributed by atoms with Crippen molar-refractivity contribution in [1.29, 1.82) is 0 Å². The highest BCUT2D eigenvalue weighted by Gasteiger charge is 2.20. The molecule has 0 radical (unpaired) electrons. The zero-order chi connectivity index (χ0) is 12.1. The zero-order valence-corrected chi connectivity index (χ0v) is 11.3. The minimum atomic E-state index is 0.430. The summed E-state index contributed by atoms with van der Waals surface area (Å²) in [7, 11) is 0. The van der Waals surface area contributed by atoms with Crippen LogP contribution in [0.1, 0.15) is 34.1 Å². The second-order valence-electron chi connectivity index (χ2n) is 3.92. The van der Waals surface area contributed by atoms with Crippen molar-refractivity contribution in [1.82, 2.24) is 4.37 Å². The Morgan fingerprint density at radius 1 is 1.44 bits per heavy atom. The highest BCUT2D eigenvalue weighted by atomic mass is 32.1. The van der Waals surface area contributed by atoms with Crippen LogP contribution in [0.2, 0.25) is 0 Å². The number of rotatable bonds is 6. The fourth-order valence-corrected chi connectivity index (χ4v) is 2.50. The van der Waals surface area contributed by atoms with Gasteiger partial charge < -0.3 is 15.4 Å². The molecule has 0 fully saturated rings. The van der Waals surface area contributed by atoms with Gasteiger partial charge in [-0.1, -0.05) is 6.92 Å². The zero-order valence-electron chi connectivity index (χ0n) is 10.5. The first-order valence-corrected chi connectivity index (χ1v) is 6.53. The van der Waals surface area contributed by atoms with Crippen molar-refractivity contribution in [2.75, 3.05) is 23.8 Å². The summed E-state index contributed by atoms with van der Waals surface area (Å²) in [4.78, 5) is 2.29. The largest absolute Gasteiger partial charge is 0.487 e. The van der Waals surface area contributed by atoms with Gasteiger partial charge in [-0.05, 0) is 38.7 Å². The number of aromatic nitrogens is 1. The van der Waals surface area contributed by atoms with Crippen molar-refractivity contribution in [3.05, 3.63) is 0 Å². The molecular weight excluding hydrogens is 222 g/mol. The van der Waals surface area contributed by atoms with E-state index in [4.69, 9.17) is 10.5 Å². The Balaban J connectivity index is 2.98. The molecule has 92 valence electrons. The summed E-state index contributed by atoms with van der Waals surface area (Å²) in [5.74, 6) is 1.25. The van der Waals surface area contributed by atoms with E-state index in [0.717, 1.165) is 23.7 Å². The van der Waals surface area contributed by atoms with E-state index in [1.807, 2.05) is 6.92 Å². The summed E-state index contributed by atoms with van der Waals surface area (Å²) in [5.41, 5.74) is 5.81. The lowest BCUT2D eigenvalue weighted by molar-refractivity contribution is 0.342. The molecule has 0 atom stereocenters. The van der Waals surface area contributed by atoms with Gasteiger partial charge >= 0.3 is 0 Å². The molecule has 0 aliphatic rings. The number of ether oxygens (including phenoxy) is 1. The molecule has 1 heterocycles. The van der Waals surface area contributed by atoms with Gasteiger partial charge in [-0.3, -0.25) is 0 Å². The fourth-order valence-electron chi connectivity index (χ4n) is 1.58. The first-order valence-electron chi connectivity index (χ1n) is 5.76. The average Bonchev–Trinajstić information content (AvgIpc) is 2.58. The van der Waals surface area contributed by atoms with Gasteiger partial charge in [0.2, 0.25) is 0 Å². The average molecular weight is 243 g/mol. The molecular formula is C11H21N3OS. The molecule has 5 heteroatoms. The van der Waals surface area contributed by atoms with Gasteiger partial charge in [0.25, 0.3) is 0 Å². The predicted octanol–water partition coefficient (Wildman–Crippen LogP) is 2.75. The van der Waals surface area contributed by atoms with E-state index in [1.54, 1.807) is 0 Å². The molecule has 0 aliphatic heterocycles. The summed E-state index contributed by atoms with van der Waals surface area (Å²) in [6.45, 7) is 10.1. The summed E-state index contributed by atoms with van der Waals surface area (Å²) in [6.07, 6.45) is 1.10. The summed E-state index contributed by atoms with van der Waals surface area (Å²) in [5, 5.41) is 1.05. The molecule has 1 aromatic heterocycles. The lowest BCUT2D eigenvalue weighted by Gasteiger charge is -2.27. The first kappa shape index (κ1) is 13.1. The first-order chi connectivity index (χ1) is 7.61. The molecule has 0 amide bonds. The van der Waals surface area contributed by atoms with E-state index >= 15 is 0 Å². The van der Waals surface area contributed by atoms with Crippen LogP contribution in [0, 0.1) is 0 Å². The van der Waals surface area contributed by atoms with Crippen molar-refractivity contribution in [2.45, 2.75) is 40.2 Å². The maximum atomic E-state index is 5.81. The van der Waals surface area contributed by atoms with E-state index < -0.39 is 0 Å². The molecule has 16 heavy (non-hydrogen) atoms. The lowest BCUT2D eigenvalue weighted by atomic mass is 10.3. The number of anilines is 2. The molecule has 1 aromatic rings. The van der Waals surface area contributed by atoms with Crippen LogP contribution in [-0.2, 0) is 0 Å². The van der Waals surface area contributed by atoms with Crippen molar-refractivity contribution in [3.63, 3.8) is 0 Å². The van der Waals surface area contributed by atoms with Crippen molar-refractivity contribution < 1.29 is 4.74 Å². The van der Waals surface area contributed by atoms with E-state index in [1.165, 1.54) is 11.5 Å². The third kappa shape index (κ3) is 2.78. The van der Waals surface area contributed by atoms with E-state index in [2.05, 4.69) is 30.0 Å². The van der Waals surface area contributed by atoms with Crippen LogP contribution < -0.4 is 15.4 Å². The summed E-state index contributed by atoms with van der Waals surface area (Å²) < 4.78 is 9.74. The van der Waals surface area contributed by atoms with E-state index in [-0.39, 0.29) is 0 Å². The van der Waals surface area contributed by atoms with Gasteiger partial charge in [-0.2, -0.15) is 4.37 Å². The normalized spacial score (nSPS) is 10.8. The summed E-state index contributed by atoms with van der Waals surface area (Å²) >= 11 is 1.42. The van der Waals surface area contributed by atoms with Crippen LogP contribution in [0.3, 0.4) is 0 Å². The van der Waals surface area contributed by atoms with Crippen LogP contribution in [0.4, 0.5) is 10.8 Å². The molecule has 0 saturated heterocycles. The van der Waals surface area contributed by atoms with Gasteiger partial charge in [-0.15, -0.1) is 0 Å². The van der Waals surface area contributed by atoms with Crippen molar-refractivity contribution in [3.8, 4) is 5.75 Å². The second-order valence-corrected chi connectivity index (χ2v) is 4.67. The number of nitrogen functional groups attached to an aromatic ring is 1. The summed E-state index contributed by atoms with van der Waals surface area (Å²) in [6, 6.07) is 0.430. The van der Waals surface area contributed by atoms with Crippen LogP contribution in [0.5, 0.6) is 5.75 Å². The van der Waals surface area contributed by atoms with Crippen LogP contribution in [0.25, 0.3) is 0 Å². The maximum absolute atomic E-state index is 5.81. The Hall–Kier alpha value is -0.970. The number of nitrogens with two attached hydrogens (primary N) is 1. The minimum absolute atomic E-state index is 0.430. The topological polar surface area (TPSA) is 51.4 Å². The van der Waals surface area contributed by atoms with Crippen molar-refractivity contribution >= 4 is 22.4 Å². The van der Waals surface area contributed by atoms with Gasteiger partial charge in [0.15, 0.2) is 16.6 Å². The van der Waals surface area contributed by atoms with Gasteiger partial charge in [0.1, 0.15) is 0 Å². The molecule has 1 rings (SSSR count). The minimum Gasteiger partial charge on any atom is -0.487 e. The Kier molecular flexibility index (Phi) is 4.86. The Bertz CT molecular complexity index is 325. The molecule has 0 bridgehead atoms. The molecule has 4 nitrogen and oxygen atoms in total. The molecule has 0 aromatic carbocycles. The van der Waals surface area contributed by atoms with E-state index in [9.17, 15) is 0 Å². The maximum Gasteiger partial charge on any atom is 0.197 e.